The minimum Gasteiger partial charge on any atom is -0.489 e. The number of halogens is 3. The maximum absolute atomic E-state index is 13.9. The second-order valence-corrected chi connectivity index (χ2v) is 6.92. The number of carbonyl (C=O) groups is 2. The van der Waals surface area contributed by atoms with Gasteiger partial charge in [-0.2, -0.15) is 0 Å². The van der Waals surface area contributed by atoms with Crippen molar-refractivity contribution in [1.29, 1.82) is 0 Å². The Balaban J connectivity index is 1.73. The van der Waals surface area contributed by atoms with E-state index in [1.54, 1.807) is 24.3 Å². The van der Waals surface area contributed by atoms with E-state index >= 15 is 0 Å². The third kappa shape index (κ3) is 5.87. The van der Waals surface area contributed by atoms with Crippen molar-refractivity contribution in [3.05, 3.63) is 101 Å². The molecule has 3 aromatic rings. The Morgan fingerprint density at radius 2 is 1.56 bits per heavy atom. The van der Waals surface area contributed by atoms with E-state index in [0.29, 0.717) is 30.1 Å². The van der Waals surface area contributed by atoms with Crippen molar-refractivity contribution in [2.24, 2.45) is 0 Å². The molecule has 3 aromatic carbocycles. The lowest BCUT2D eigenvalue weighted by Gasteiger charge is -2.17. The molecule has 0 bridgehead atoms. The van der Waals surface area contributed by atoms with Crippen LogP contribution in [0.25, 0.3) is 0 Å². The number of rotatable bonds is 8. The minimum absolute atomic E-state index is 0.0224. The van der Waals surface area contributed by atoms with Gasteiger partial charge in [-0.25, -0.2) is 18.0 Å². The van der Waals surface area contributed by atoms with Gasteiger partial charge in [-0.3, -0.25) is 4.79 Å². The van der Waals surface area contributed by atoms with Crippen LogP contribution in [0.3, 0.4) is 0 Å². The molecule has 1 N–H and O–H groups in total. The van der Waals surface area contributed by atoms with Crippen LogP contribution in [0.2, 0.25) is 0 Å². The molecule has 0 aliphatic heterocycles. The van der Waals surface area contributed by atoms with Gasteiger partial charge in [0.25, 0.3) is 5.91 Å². The summed E-state index contributed by atoms with van der Waals surface area (Å²) in [6.45, 7) is 0.338. The topological polar surface area (TPSA) is 64.6 Å². The van der Waals surface area contributed by atoms with Crippen LogP contribution in [0.5, 0.6) is 5.75 Å². The Morgan fingerprint density at radius 1 is 0.906 bits per heavy atom. The Morgan fingerprint density at radius 3 is 2.22 bits per heavy atom. The van der Waals surface area contributed by atoms with E-state index in [4.69, 9.17) is 9.47 Å². The van der Waals surface area contributed by atoms with Crippen LogP contribution in [-0.4, -0.2) is 25.0 Å². The molecule has 0 radical (unpaired) electrons. The summed E-state index contributed by atoms with van der Waals surface area (Å²) in [5.74, 6) is -5.38. The SMILES string of the molecule is COC(=O)[C@@H](Cc1cccc(OCc2ccccc2)c1)NC(=O)c1c(F)cc(F)cc1F. The zero-order valence-corrected chi connectivity index (χ0v) is 17.1. The van der Waals surface area contributed by atoms with Crippen LogP contribution < -0.4 is 10.1 Å². The smallest absolute Gasteiger partial charge is 0.328 e. The normalized spacial score (nSPS) is 11.5. The summed E-state index contributed by atoms with van der Waals surface area (Å²) in [7, 11) is 1.12. The van der Waals surface area contributed by atoms with Gasteiger partial charge in [-0.05, 0) is 23.3 Å². The minimum atomic E-state index is -1.38. The van der Waals surface area contributed by atoms with Gasteiger partial charge in [0.2, 0.25) is 0 Å². The van der Waals surface area contributed by atoms with E-state index < -0.39 is 40.9 Å². The lowest BCUT2D eigenvalue weighted by atomic mass is 10.0. The molecule has 0 spiro atoms. The average Bonchev–Trinajstić information content (AvgIpc) is 2.77. The average molecular weight is 443 g/mol. The molecule has 5 nitrogen and oxygen atoms in total. The van der Waals surface area contributed by atoms with E-state index in [1.807, 2.05) is 30.3 Å². The van der Waals surface area contributed by atoms with Gasteiger partial charge in [0, 0.05) is 18.6 Å². The second kappa shape index (κ2) is 10.5. The highest BCUT2D eigenvalue weighted by molar-refractivity contribution is 5.97. The van der Waals surface area contributed by atoms with Gasteiger partial charge in [-0.15, -0.1) is 0 Å². The molecule has 1 amide bonds. The summed E-state index contributed by atoms with van der Waals surface area (Å²) in [6, 6.07) is 15.9. The number of esters is 1. The Kier molecular flexibility index (Phi) is 7.49. The highest BCUT2D eigenvalue weighted by Gasteiger charge is 2.26. The van der Waals surface area contributed by atoms with Crippen molar-refractivity contribution in [3.8, 4) is 5.75 Å². The fourth-order valence-electron chi connectivity index (χ4n) is 3.06. The van der Waals surface area contributed by atoms with Crippen molar-refractivity contribution in [2.45, 2.75) is 19.1 Å². The van der Waals surface area contributed by atoms with Crippen LogP contribution in [0.1, 0.15) is 21.5 Å². The van der Waals surface area contributed by atoms with E-state index in [-0.39, 0.29) is 6.42 Å². The molecular weight excluding hydrogens is 423 g/mol. The number of ether oxygens (including phenoxy) is 2. The first-order valence-electron chi connectivity index (χ1n) is 9.66. The van der Waals surface area contributed by atoms with Gasteiger partial charge >= 0.3 is 5.97 Å². The van der Waals surface area contributed by atoms with Crippen LogP contribution in [0.4, 0.5) is 13.2 Å². The predicted molar refractivity (Wildman–Crippen MR) is 111 cm³/mol. The van der Waals surface area contributed by atoms with Crippen molar-refractivity contribution in [2.75, 3.05) is 7.11 Å². The number of hydrogen-bond donors (Lipinski definition) is 1. The summed E-state index contributed by atoms with van der Waals surface area (Å²) < 4.78 is 51.4. The van der Waals surface area contributed by atoms with E-state index in [2.05, 4.69) is 5.32 Å². The van der Waals surface area contributed by atoms with E-state index in [1.165, 1.54) is 0 Å². The highest BCUT2D eigenvalue weighted by Crippen LogP contribution is 2.18. The number of hydrogen-bond acceptors (Lipinski definition) is 4. The Hall–Kier alpha value is -3.81. The summed E-state index contributed by atoms with van der Waals surface area (Å²) in [6.07, 6.45) is -0.0224. The number of benzene rings is 3. The molecule has 0 aliphatic carbocycles. The molecule has 0 saturated heterocycles. The van der Waals surface area contributed by atoms with Crippen molar-refractivity contribution in [1.82, 2.24) is 5.32 Å². The van der Waals surface area contributed by atoms with Crippen molar-refractivity contribution >= 4 is 11.9 Å². The fraction of sp³-hybridized carbons (Fsp3) is 0.167. The molecule has 0 saturated carbocycles. The van der Waals surface area contributed by atoms with Crippen LogP contribution in [0, 0.1) is 17.5 Å². The van der Waals surface area contributed by atoms with Gasteiger partial charge in [0.05, 0.1) is 7.11 Å². The first kappa shape index (κ1) is 22.9. The number of nitrogens with one attached hydrogen (secondary N) is 1. The predicted octanol–water partition coefficient (Wildman–Crippen LogP) is 4.20. The molecule has 0 aromatic heterocycles. The fourth-order valence-corrected chi connectivity index (χ4v) is 3.06. The maximum atomic E-state index is 13.9. The molecule has 0 unspecified atom stereocenters. The Bertz CT molecular complexity index is 1080. The third-order valence-electron chi connectivity index (χ3n) is 4.61. The van der Waals surface area contributed by atoms with Gasteiger partial charge in [-0.1, -0.05) is 42.5 Å². The monoisotopic (exact) mass is 443 g/mol. The van der Waals surface area contributed by atoms with Crippen LogP contribution in [-0.2, 0) is 22.6 Å². The van der Waals surface area contributed by atoms with E-state index in [9.17, 15) is 22.8 Å². The first-order chi connectivity index (χ1) is 15.4. The molecule has 32 heavy (non-hydrogen) atoms. The number of carbonyl (C=O) groups excluding carboxylic acids is 2. The van der Waals surface area contributed by atoms with Gasteiger partial charge < -0.3 is 14.8 Å². The Labute approximate surface area is 182 Å². The van der Waals surface area contributed by atoms with Crippen molar-refractivity contribution in [3.63, 3.8) is 0 Å². The maximum Gasteiger partial charge on any atom is 0.328 e. The molecule has 0 aliphatic rings. The molecule has 3 rings (SSSR count). The molecular formula is C24H20F3NO4. The molecule has 1 atom stereocenters. The van der Waals surface area contributed by atoms with Crippen LogP contribution >= 0.6 is 0 Å². The second-order valence-electron chi connectivity index (χ2n) is 6.92. The van der Waals surface area contributed by atoms with Crippen LogP contribution in [0.15, 0.2) is 66.7 Å². The number of methoxy groups -OCH3 is 1. The first-order valence-corrected chi connectivity index (χ1v) is 9.66. The molecule has 166 valence electrons. The number of amides is 1. The zero-order chi connectivity index (χ0) is 23.1. The van der Waals surface area contributed by atoms with Gasteiger partial charge in [0.1, 0.15) is 41.4 Å². The zero-order valence-electron chi connectivity index (χ0n) is 17.1. The molecule has 8 heteroatoms. The van der Waals surface area contributed by atoms with E-state index in [0.717, 1.165) is 12.7 Å². The summed E-state index contributed by atoms with van der Waals surface area (Å²) in [4.78, 5) is 24.6. The molecule has 0 fully saturated rings. The highest BCUT2D eigenvalue weighted by atomic mass is 19.1. The summed E-state index contributed by atoms with van der Waals surface area (Å²) >= 11 is 0. The van der Waals surface area contributed by atoms with Crippen molar-refractivity contribution < 1.29 is 32.2 Å². The quantitative estimate of drug-likeness (QED) is 0.530. The summed E-state index contributed by atoms with van der Waals surface area (Å²) in [5.41, 5.74) is 0.604. The standard InChI is InChI=1S/C24H20F3NO4/c1-31-24(30)21(28-23(29)22-19(26)12-17(25)13-20(22)27)11-16-8-5-9-18(10-16)32-14-15-6-3-2-4-7-15/h2-10,12-13,21H,11,14H2,1H3,(H,28,29)/t21-/m1/s1. The third-order valence-corrected chi connectivity index (χ3v) is 4.61. The van der Waals surface area contributed by atoms with Gasteiger partial charge in [0.15, 0.2) is 0 Å². The lowest BCUT2D eigenvalue weighted by molar-refractivity contribution is -0.142. The molecule has 0 heterocycles. The lowest BCUT2D eigenvalue weighted by Crippen LogP contribution is -2.43. The summed E-state index contributed by atoms with van der Waals surface area (Å²) in [5, 5.41) is 2.25. The largest absolute Gasteiger partial charge is 0.489 e.